The molecule has 5 atom stereocenters. The zero-order valence-electron chi connectivity index (χ0n) is 20.5. The number of fused-ring (bicyclic) bond motifs is 2. The summed E-state index contributed by atoms with van der Waals surface area (Å²) in [6.45, 7) is 25.7. The third-order valence-electron chi connectivity index (χ3n) is 9.25. The fraction of sp³-hybridized carbons (Fsp3) is 0.875. The molecule has 2 aliphatic carbocycles. The predicted octanol–water partition coefficient (Wildman–Crippen LogP) is 7.84. The zero-order valence-corrected chi connectivity index (χ0v) is 23.1. The summed E-state index contributed by atoms with van der Waals surface area (Å²) in [5.41, 5.74) is 0.217. The molecule has 0 saturated heterocycles. The van der Waals surface area contributed by atoms with Crippen molar-refractivity contribution in [2.75, 3.05) is 6.26 Å². The highest BCUT2D eigenvalue weighted by molar-refractivity contribution is 8.22. The van der Waals surface area contributed by atoms with Gasteiger partial charge in [0.25, 0.3) is 0 Å². The number of thioether (sulfide) groups is 1. The molecular weight excluding hydrogens is 412 g/mol. The van der Waals surface area contributed by atoms with E-state index in [0.717, 1.165) is 12.8 Å². The van der Waals surface area contributed by atoms with Crippen LogP contribution in [-0.4, -0.2) is 31.2 Å². The van der Waals surface area contributed by atoms with Crippen LogP contribution in [0, 0.1) is 22.2 Å². The van der Waals surface area contributed by atoms with E-state index in [2.05, 4.69) is 74.2 Å². The minimum absolute atomic E-state index is 0.0157. The summed E-state index contributed by atoms with van der Waals surface area (Å²) >= 11 is 7.11. The van der Waals surface area contributed by atoms with Crippen LogP contribution in [0.15, 0.2) is 12.7 Å². The lowest BCUT2D eigenvalue weighted by Crippen LogP contribution is -2.50. The molecule has 0 heterocycles. The SMILES string of the molecule is C=CC[C@]1(C)C(OC(=S)SC)[C@H]2[C@H](O[Si](C)(C)C(C)(C)C)CCC[C@]1(C)C2(C)C. The van der Waals surface area contributed by atoms with Crippen LogP contribution in [0.25, 0.3) is 0 Å². The highest BCUT2D eigenvalue weighted by atomic mass is 32.2. The van der Waals surface area contributed by atoms with E-state index in [9.17, 15) is 0 Å². The van der Waals surface area contributed by atoms with E-state index in [0.29, 0.717) is 10.3 Å². The third kappa shape index (κ3) is 4.03. The van der Waals surface area contributed by atoms with Gasteiger partial charge in [0.1, 0.15) is 6.10 Å². The lowest BCUT2D eigenvalue weighted by molar-refractivity contribution is -0.0375. The Labute approximate surface area is 191 Å². The number of thiocarbonyl (C=S) groups is 1. The van der Waals surface area contributed by atoms with Gasteiger partial charge in [-0.2, -0.15) is 0 Å². The molecule has 2 saturated carbocycles. The zero-order chi connectivity index (χ0) is 22.5. The summed E-state index contributed by atoms with van der Waals surface area (Å²) < 4.78 is 14.4. The molecule has 2 bridgehead atoms. The predicted molar refractivity (Wildman–Crippen MR) is 135 cm³/mol. The van der Waals surface area contributed by atoms with Gasteiger partial charge in [-0.15, -0.1) is 6.58 Å². The van der Waals surface area contributed by atoms with Crippen LogP contribution in [0.4, 0.5) is 0 Å². The Bertz CT molecular complexity index is 639. The van der Waals surface area contributed by atoms with E-state index < -0.39 is 8.32 Å². The molecule has 0 aromatic rings. The molecule has 5 heteroatoms. The molecule has 168 valence electrons. The van der Waals surface area contributed by atoms with E-state index >= 15 is 0 Å². The molecule has 0 aromatic heterocycles. The molecule has 2 rings (SSSR count). The van der Waals surface area contributed by atoms with Gasteiger partial charge in [-0.1, -0.05) is 72.7 Å². The van der Waals surface area contributed by atoms with Crippen LogP contribution in [-0.2, 0) is 9.16 Å². The highest BCUT2D eigenvalue weighted by Gasteiger charge is 2.71. The maximum absolute atomic E-state index is 7.13. The van der Waals surface area contributed by atoms with Gasteiger partial charge in [0, 0.05) is 11.3 Å². The van der Waals surface area contributed by atoms with Gasteiger partial charge in [-0.25, -0.2) is 0 Å². The van der Waals surface area contributed by atoms with Crippen molar-refractivity contribution < 1.29 is 9.16 Å². The summed E-state index contributed by atoms with van der Waals surface area (Å²) in [7, 11) is -1.90. The van der Waals surface area contributed by atoms with Crippen LogP contribution < -0.4 is 0 Å². The second kappa shape index (κ2) is 8.25. The molecule has 29 heavy (non-hydrogen) atoms. The molecule has 2 aliphatic rings. The minimum atomic E-state index is -1.90. The van der Waals surface area contributed by atoms with E-state index in [1.165, 1.54) is 24.6 Å². The highest BCUT2D eigenvalue weighted by Crippen LogP contribution is 2.72. The molecular formula is C24H44O2S2Si. The van der Waals surface area contributed by atoms with Crippen LogP contribution in [0.5, 0.6) is 0 Å². The first-order valence-electron chi connectivity index (χ1n) is 11.1. The van der Waals surface area contributed by atoms with Crippen LogP contribution in [0.1, 0.15) is 74.1 Å². The largest absolute Gasteiger partial charge is 0.474 e. The van der Waals surface area contributed by atoms with Gasteiger partial charge in [-0.05, 0) is 66.7 Å². The fourth-order valence-corrected chi connectivity index (χ4v) is 7.66. The third-order valence-corrected chi connectivity index (χ3v) is 14.8. The van der Waals surface area contributed by atoms with Gasteiger partial charge in [-0.3, -0.25) is 0 Å². The Balaban J connectivity index is 2.60. The maximum Gasteiger partial charge on any atom is 0.219 e. The lowest BCUT2D eigenvalue weighted by atomic mass is 9.55. The van der Waals surface area contributed by atoms with E-state index in [-0.39, 0.29) is 33.5 Å². The van der Waals surface area contributed by atoms with E-state index in [4.69, 9.17) is 21.4 Å². The molecule has 0 radical (unpaired) electrons. The number of rotatable bonds is 5. The maximum atomic E-state index is 7.13. The van der Waals surface area contributed by atoms with Gasteiger partial charge < -0.3 is 9.16 Å². The normalized spacial score (nSPS) is 37.1. The molecule has 2 fully saturated rings. The second-order valence-corrected chi connectivity index (χ2v) is 18.0. The summed E-state index contributed by atoms with van der Waals surface area (Å²) in [5.74, 6) is 0.319. The first-order valence-corrected chi connectivity index (χ1v) is 15.7. The van der Waals surface area contributed by atoms with Crippen molar-refractivity contribution in [3.63, 3.8) is 0 Å². The molecule has 0 amide bonds. The summed E-state index contributed by atoms with van der Waals surface area (Å²) in [6.07, 6.45) is 8.83. The van der Waals surface area contributed by atoms with Crippen molar-refractivity contribution in [3.8, 4) is 0 Å². The Morgan fingerprint density at radius 2 is 1.83 bits per heavy atom. The van der Waals surface area contributed by atoms with Crippen molar-refractivity contribution in [2.24, 2.45) is 22.2 Å². The van der Waals surface area contributed by atoms with Gasteiger partial charge in [0.05, 0.1) is 6.10 Å². The Kier molecular flexibility index (Phi) is 7.23. The first-order chi connectivity index (χ1) is 13.1. The molecule has 0 N–H and O–H groups in total. The van der Waals surface area contributed by atoms with Crippen LogP contribution in [0.2, 0.25) is 18.1 Å². The van der Waals surface area contributed by atoms with Crippen molar-refractivity contribution in [1.82, 2.24) is 0 Å². The van der Waals surface area contributed by atoms with Gasteiger partial charge in [0.2, 0.25) is 4.38 Å². The average molecular weight is 457 g/mol. The molecule has 2 nitrogen and oxygen atoms in total. The van der Waals surface area contributed by atoms with E-state index in [1.54, 1.807) is 0 Å². The Morgan fingerprint density at radius 1 is 1.24 bits per heavy atom. The Hall–Kier alpha value is 0.157. The van der Waals surface area contributed by atoms with Crippen molar-refractivity contribution in [1.29, 1.82) is 0 Å². The molecule has 0 aliphatic heterocycles. The monoisotopic (exact) mass is 456 g/mol. The van der Waals surface area contributed by atoms with Crippen molar-refractivity contribution in [3.05, 3.63) is 12.7 Å². The average Bonchev–Trinajstić information content (AvgIpc) is 2.64. The summed E-state index contributed by atoms with van der Waals surface area (Å²) in [5, 5.41) is 0.195. The van der Waals surface area contributed by atoms with Crippen LogP contribution in [0.3, 0.4) is 0 Å². The van der Waals surface area contributed by atoms with E-state index in [1.807, 2.05) is 6.26 Å². The fourth-order valence-electron chi connectivity index (χ4n) is 5.98. The first kappa shape index (κ1) is 25.4. The quantitative estimate of drug-likeness (QED) is 0.238. The summed E-state index contributed by atoms with van der Waals surface area (Å²) in [4.78, 5) is 0. The summed E-state index contributed by atoms with van der Waals surface area (Å²) in [6, 6.07) is 0. The van der Waals surface area contributed by atoms with Crippen molar-refractivity contribution in [2.45, 2.75) is 104 Å². The molecule has 0 aromatic carbocycles. The second-order valence-electron chi connectivity index (χ2n) is 11.8. The molecule has 0 spiro atoms. The Morgan fingerprint density at radius 3 is 2.31 bits per heavy atom. The number of allylic oxidation sites excluding steroid dienone is 1. The van der Waals surface area contributed by atoms with Crippen molar-refractivity contribution >= 4 is 36.7 Å². The smallest absolute Gasteiger partial charge is 0.219 e. The van der Waals surface area contributed by atoms with Gasteiger partial charge >= 0.3 is 0 Å². The van der Waals surface area contributed by atoms with Gasteiger partial charge in [0.15, 0.2) is 8.32 Å². The molecule has 1 unspecified atom stereocenters. The number of ether oxygens (including phenoxy) is 1. The lowest BCUT2D eigenvalue weighted by Gasteiger charge is -2.49. The van der Waals surface area contributed by atoms with Crippen LogP contribution >= 0.6 is 24.0 Å². The number of hydrogen-bond acceptors (Lipinski definition) is 4. The standard InChI is InChI=1S/C24H44O2S2Si/c1-12-15-23(7)19(25-20(27)28-9)18-17(26-29(10,11)21(2,3)4)14-13-16-24(23,8)22(18,5)6/h12,17-19H,1,13-16H2,2-11H3/t17-,18-,19?,23-,24-/m1/s1. The minimum Gasteiger partial charge on any atom is -0.474 e. The number of hydrogen-bond donors (Lipinski definition) is 0. The topological polar surface area (TPSA) is 18.5 Å².